The quantitative estimate of drug-likeness (QED) is 0.429. The van der Waals surface area contributed by atoms with E-state index in [2.05, 4.69) is 26.0 Å². The molecule has 4 rings (SSSR count). The van der Waals surface area contributed by atoms with E-state index in [0.717, 1.165) is 44.9 Å². The second-order valence-electron chi connectivity index (χ2n) is 13.1. The summed E-state index contributed by atoms with van der Waals surface area (Å²) in [6.07, 6.45) is 8.27. The fraction of sp³-hybridized carbons (Fsp3) is 0.857. The van der Waals surface area contributed by atoms with Gasteiger partial charge in [0.05, 0.1) is 23.4 Å². The average Bonchev–Trinajstić information content (AvgIpc) is 3.10. The highest BCUT2D eigenvalue weighted by Crippen LogP contribution is 2.66. The van der Waals surface area contributed by atoms with Crippen molar-refractivity contribution in [3.63, 3.8) is 0 Å². The average molecular weight is 463 g/mol. The van der Waals surface area contributed by atoms with Crippen molar-refractivity contribution in [2.75, 3.05) is 0 Å². The van der Waals surface area contributed by atoms with Crippen LogP contribution < -0.4 is 0 Å². The van der Waals surface area contributed by atoms with Crippen LogP contribution in [0.3, 0.4) is 0 Å². The van der Waals surface area contributed by atoms with Crippen molar-refractivity contribution >= 4 is 0 Å². The van der Waals surface area contributed by atoms with Crippen molar-refractivity contribution in [3.8, 4) is 0 Å². The van der Waals surface area contributed by atoms with Gasteiger partial charge in [0.25, 0.3) is 0 Å². The predicted molar refractivity (Wildman–Crippen MR) is 129 cm³/mol. The lowest BCUT2D eigenvalue weighted by Crippen LogP contribution is -2.59. The monoisotopic (exact) mass is 462 g/mol. The van der Waals surface area contributed by atoms with E-state index in [1.807, 2.05) is 0 Å². The van der Waals surface area contributed by atoms with Gasteiger partial charge in [-0.1, -0.05) is 44.1 Å². The van der Waals surface area contributed by atoms with Crippen LogP contribution in [0, 0.1) is 34.5 Å². The Bertz CT molecular complexity index is 823. The van der Waals surface area contributed by atoms with Gasteiger partial charge in [-0.2, -0.15) is 0 Å². The maximum absolute atomic E-state index is 11.7. The summed E-state index contributed by atoms with van der Waals surface area (Å²) in [4.78, 5) is 0. The van der Waals surface area contributed by atoms with Crippen LogP contribution in [0.2, 0.25) is 0 Å². The molecule has 0 unspecified atom stereocenters. The maximum Gasteiger partial charge on any atom is 0.109 e. The smallest absolute Gasteiger partial charge is 0.109 e. The normalized spacial score (nSPS) is 43.2. The molecule has 10 atom stereocenters. The van der Waals surface area contributed by atoms with Crippen molar-refractivity contribution in [2.24, 2.45) is 34.5 Å². The molecule has 0 aliphatic heterocycles. The molecule has 4 aliphatic rings. The SMILES string of the molecule is C[C@H]([C@@H](O)[C@H](O)[C@](C)(O)[C@H]1CC[C@H]2C3=CC=C4C[C@@H](O)CC[C@]4(C)[C@H]3CC[C@]12C)C(C)(C)O. The van der Waals surface area contributed by atoms with E-state index in [9.17, 15) is 25.5 Å². The number of aliphatic hydroxyl groups excluding tert-OH is 3. The van der Waals surface area contributed by atoms with E-state index in [-0.39, 0.29) is 22.9 Å². The van der Waals surface area contributed by atoms with Crippen LogP contribution >= 0.6 is 0 Å². The van der Waals surface area contributed by atoms with E-state index < -0.39 is 29.3 Å². The Morgan fingerprint density at radius 1 is 0.939 bits per heavy atom. The first kappa shape index (κ1) is 25.4. The standard InChI is InChI=1S/C28H46O5/c1-16(25(2,3)32)23(30)24(31)28(6,33)22-10-9-20-19-8-7-17-15-18(29)11-13-26(17,4)21(19)12-14-27(20,22)5/h7-8,16,18,20-24,29-33H,9-15H2,1-6H3/t16-,18+,20+,21+,22+,23-,24+,26+,27+,28-/m1/s1. The molecule has 0 aromatic rings. The minimum atomic E-state index is -1.45. The predicted octanol–water partition coefficient (Wildman–Crippen LogP) is 3.73. The highest BCUT2D eigenvalue weighted by Gasteiger charge is 2.61. The molecule has 5 heteroatoms. The van der Waals surface area contributed by atoms with Gasteiger partial charge in [0.15, 0.2) is 0 Å². The lowest BCUT2D eigenvalue weighted by atomic mass is 9.49. The number of rotatable bonds is 5. The molecular formula is C28H46O5. The Balaban J connectivity index is 1.61. The van der Waals surface area contributed by atoms with Crippen LogP contribution in [-0.4, -0.2) is 55.0 Å². The molecule has 0 radical (unpaired) electrons. The molecule has 0 bridgehead atoms. The molecular weight excluding hydrogens is 416 g/mol. The van der Waals surface area contributed by atoms with Gasteiger partial charge >= 0.3 is 0 Å². The highest BCUT2D eigenvalue weighted by atomic mass is 16.4. The molecule has 0 saturated heterocycles. The molecule has 0 spiro atoms. The molecule has 0 aromatic carbocycles. The summed E-state index contributed by atoms with van der Waals surface area (Å²) in [6.45, 7) is 11.3. The summed E-state index contributed by atoms with van der Waals surface area (Å²) in [7, 11) is 0. The number of fused-ring (bicyclic) bond motifs is 5. The highest BCUT2D eigenvalue weighted by molar-refractivity contribution is 5.39. The van der Waals surface area contributed by atoms with Gasteiger partial charge < -0.3 is 25.5 Å². The van der Waals surface area contributed by atoms with Crippen LogP contribution in [0.25, 0.3) is 0 Å². The van der Waals surface area contributed by atoms with E-state index in [0.29, 0.717) is 11.8 Å². The largest absolute Gasteiger partial charge is 0.393 e. The molecule has 4 aliphatic carbocycles. The molecule has 0 heterocycles. The summed E-state index contributed by atoms with van der Waals surface area (Å²) in [5.41, 5.74) is 0.230. The van der Waals surface area contributed by atoms with Gasteiger partial charge in [-0.05, 0) is 94.3 Å². The second-order valence-corrected chi connectivity index (χ2v) is 13.1. The lowest BCUT2D eigenvalue weighted by molar-refractivity contribution is -0.188. The van der Waals surface area contributed by atoms with E-state index in [1.54, 1.807) is 27.7 Å². The van der Waals surface area contributed by atoms with E-state index in [4.69, 9.17) is 0 Å². The number of allylic oxidation sites excluding steroid dienone is 3. The number of hydrogen-bond acceptors (Lipinski definition) is 5. The van der Waals surface area contributed by atoms with Gasteiger partial charge in [0.2, 0.25) is 0 Å². The summed E-state index contributed by atoms with van der Waals surface area (Å²) in [6, 6.07) is 0. The topological polar surface area (TPSA) is 101 Å². The fourth-order valence-corrected chi connectivity index (χ4v) is 8.19. The zero-order valence-corrected chi connectivity index (χ0v) is 21.4. The van der Waals surface area contributed by atoms with Crippen LogP contribution in [0.4, 0.5) is 0 Å². The van der Waals surface area contributed by atoms with Crippen LogP contribution in [0.5, 0.6) is 0 Å². The van der Waals surface area contributed by atoms with E-state index >= 15 is 0 Å². The number of aliphatic hydroxyl groups is 5. The minimum absolute atomic E-state index is 0.114. The van der Waals surface area contributed by atoms with Crippen LogP contribution in [-0.2, 0) is 0 Å². The first-order valence-corrected chi connectivity index (χ1v) is 13.0. The summed E-state index contributed by atoms with van der Waals surface area (Å²) >= 11 is 0. The van der Waals surface area contributed by atoms with Gasteiger partial charge in [0.1, 0.15) is 6.10 Å². The molecule has 3 saturated carbocycles. The first-order chi connectivity index (χ1) is 15.1. The second kappa shape index (κ2) is 8.16. The zero-order valence-electron chi connectivity index (χ0n) is 21.4. The maximum atomic E-state index is 11.7. The minimum Gasteiger partial charge on any atom is -0.393 e. The van der Waals surface area contributed by atoms with Crippen molar-refractivity contribution in [1.82, 2.24) is 0 Å². The molecule has 3 fully saturated rings. The Morgan fingerprint density at radius 2 is 1.61 bits per heavy atom. The molecule has 188 valence electrons. The first-order valence-electron chi connectivity index (χ1n) is 13.0. The van der Waals surface area contributed by atoms with Gasteiger partial charge in [-0.25, -0.2) is 0 Å². The summed E-state index contributed by atoms with van der Waals surface area (Å²) in [5, 5.41) is 54.3. The van der Waals surface area contributed by atoms with Crippen LogP contribution in [0.15, 0.2) is 23.3 Å². The van der Waals surface area contributed by atoms with Crippen molar-refractivity contribution in [1.29, 1.82) is 0 Å². The van der Waals surface area contributed by atoms with Crippen molar-refractivity contribution < 1.29 is 25.5 Å². The zero-order chi connectivity index (χ0) is 24.6. The van der Waals surface area contributed by atoms with Crippen LogP contribution in [0.1, 0.15) is 86.5 Å². The third-order valence-electron chi connectivity index (χ3n) is 10.8. The molecule has 0 aromatic heterocycles. The molecule has 33 heavy (non-hydrogen) atoms. The fourth-order valence-electron chi connectivity index (χ4n) is 8.19. The lowest BCUT2D eigenvalue weighted by Gasteiger charge is -2.56. The van der Waals surface area contributed by atoms with Gasteiger partial charge in [-0.3, -0.25) is 0 Å². The van der Waals surface area contributed by atoms with E-state index in [1.165, 1.54) is 11.1 Å². The van der Waals surface area contributed by atoms with Gasteiger partial charge in [0, 0.05) is 5.92 Å². The third kappa shape index (κ3) is 3.87. The third-order valence-corrected chi connectivity index (χ3v) is 10.8. The Hall–Kier alpha value is -0.720. The molecule has 0 amide bonds. The Labute approximate surface area is 199 Å². The summed E-state index contributed by atoms with van der Waals surface area (Å²) < 4.78 is 0. The molecule has 5 N–H and O–H groups in total. The van der Waals surface area contributed by atoms with Crippen molar-refractivity contribution in [2.45, 2.75) is 116 Å². The molecule has 5 nitrogen and oxygen atoms in total. The summed E-state index contributed by atoms with van der Waals surface area (Å²) in [5.74, 6) is 0.121. The number of hydrogen-bond donors (Lipinski definition) is 5. The Morgan fingerprint density at radius 3 is 2.24 bits per heavy atom. The van der Waals surface area contributed by atoms with Gasteiger partial charge in [-0.15, -0.1) is 0 Å². The Kier molecular flexibility index (Phi) is 6.28. The van der Waals surface area contributed by atoms with Crippen molar-refractivity contribution in [3.05, 3.63) is 23.3 Å².